The number of thioether (sulfide) groups is 1. The highest BCUT2D eigenvalue weighted by Gasteiger charge is 2.59. The fourth-order valence-corrected chi connectivity index (χ4v) is 6.22. The van der Waals surface area contributed by atoms with Crippen LogP contribution in [0, 0.1) is 13.8 Å². The van der Waals surface area contributed by atoms with E-state index in [-0.39, 0.29) is 11.8 Å². The van der Waals surface area contributed by atoms with Crippen molar-refractivity contribution >= 4 is 29.3 Å². The minimum atomic E-state index is -1.04. The summed E-state index contributed by atoms with van der Waals surface area (Å²) >= 11 is 1.56. The minimum absolute atomic E-state index is 0.0473. The van der Waals surface area contributed by atoms with E-state index >= 15 is 0 Å². The molecule has 1 saturated heterocycles. The third-order valence-electron chi connectivity index (χ3n) is 6.35. The number of rotatable bonds is 4. The molecule has 0 saturated carbocycles. The lowest BCUT2D eigenvalue weighted by molar-refractivity contribution is -0.123. The van der Waals surface area contributed by atoms with Crippen molar-refractivity contribution in [2.75, 3.05) is 24.3 Å². The Bertz CT molecular complexity index is 1240. The number of ether oxygens (including phenoxy) is 1. The number of carbonyl (C=O) groups excluding carboxylic acids is 2. The summed E-state index contributed by atoms with van der Waals surface area (Å²) in [6, 6.07) is 21.4. The number of amides is 2. The van der Waals surface area contributed by atoms with Crippen LogP contribution in [0.1, 0.15) is 32.6 Å². The Morgan fingerprint density at radius 2 is 1.79 bits per heavy atom. The number of hydrogen-bond acceptors (Lipinski definition) is 4. The Labute approximate surface area is 198 Å². The predicted molar refractivity (Wildman–Crippen MR) is 132 cm³/mol. The van der Waals surface area contributed by atoms with Gasteiger partial charge in [-0.05, 0) is 49.7 Å². The maximum atomic E-state index is 14.1. The van der Waals surface area contributed by atoms with Gasteiger partial charge in [0, 0.05) is 23.4 Å². The summed E-state index contributed by atoms with van der Waals surface area (Å²) in [6.45, 7) is 5.07. The van der Waals surface area contributed by atoms with E-state index in [9.17, 15) is 9.59 Å². The molecule has 1 fully saturated rings. The fourth-order valence-electron chi connectivity index (χ4n) is 4.77. The van der Waals surface area contributed by atoms with Crippen molar-refractivity contribution in [2.24, 2.45) is 0 Å². The molecular weight excluding hydrogens is 432 g/mol. The standard InChI is InChI=1S/C27H26N2O3S/c1-18-5-4-6-20(15-18)17-28-24-12-7-19(2)16-23(24)27(26(28)31)29(13-14-33-27)25(30)21-8-10-22(32-3)11-9-21/h4-12,15-16H,13-14,17H2,1-3H3/t27-/m0/s1. The first kappa shape index (κ1) is 21.6. The average Bonchev–Trinajstić information content (AvgIpc) is 3.36. The molecule has 2 aliphatic rings. The highest BCUT2D eigenvalue weighted by Crippen LogP contribution is 2.55. The summed E-state index contributed by atoms with van der Waals surface area (Å²) in [5, 5.41) is 0. The Balaban J connectivity index is 1.57. The van der Waals surface area contributed by atoms with Gasteiger partial charge in [0.1, 0.15) is 5.75 Å². The van der Waals surface area contributed by atoms with Crippen molar-refractivity contribution in [3.63, 3.8) is 0 Å². The molecule has 0 radical (unpaired) electrons. The lowest BCUT2D eigenvalue weighted by atomic mass is 10.0. The second-order valence-corrected chi connectivity index (χ2v) is 9.87. The molecule has 3 aromatic rings. The lowest BCUT2D eigenvalue weighted by Crippen LogP contribution is -2.50. The zero-order valence-corrected chi connectivity index (χ0v) is 19.8. The smallest absolute Gasteiger partial charge is 0.268 e. The van der Waals surface area contributed by atoms with E-state index in [0.29, 0.717) is 30.2 Å². The van der Waals surface area contributed by atoms with Gasteiger partial charge >= 0.3 is 0 Å². The first-order chi connectivity index (χ1) is 15.9. The minimum Gasteiger partial charge on any atom is -0.497 e. The van der Waals surface area contributed by atoms with Gasteiger partial charge in [-0.3, -0.25) is 9.59 Å². The zero-order valence-electron chi connectivity index (χ0n) is 19.0. The van der Waals surface area contributed by atoms with Crippen LogP contribution in [0.3, 0.4) is 0 Å². The van der Waals surface area contributed by atoms with Crippen molar-refractivity contribution in [3.05, 3.63) is 94.5 Å². The fraction of sp³-hybridized carbons (Fsp3) is 0.259. The Morgan fingerprint density at radius 3 is 2.52 bits per heavy atom. The lowest BCUT2D eigenvalue weighted by Gasteiger charge is -2.33. The van der Waals surface area contributed by atoms with Crippen molar-refractivity contribution in [1.82, 2.24) is 4.90 Å². The van der Waals surface area contributed by atoms with E-state index in [2.05, 4.69) is 25.1 Å². The molecule has 0 bridgehead atoms. The molecule has 168 valence electrons. The maximum Gasteiger partial charge on any atom is 0.268 e. The van der Waals surface area contributed by atoms with Gasteiger partial charge in [0.2, 0.25) is 0 Å². The monoisotopic (exact) mass is 458 g/mol. The van der Waals surface area contributed by atoms with Crippen LogP contribution in [0.15, 0.2) is 66.7 Å². The first-order valence-corrected chi connectivity index (χ1v) is 12.0. The quantitative estimate of drug-likeness (QED) is 0.558. The van der Waals surface area contributed by atoms with Crippen LogP contribution < -0.4 is 9.64 Å². The number of fused-ring (bicyclic) bond motifs is 2. The molecule has 0 N–H and O–H groups in total. The van der Waals surface area contributed by atoms with Gasteiger partial charge in [0.15, 0.2) is 4.87 Å². The summed E-state index contributed by atoms with van der Waals surface area (Å²) in [5.41, 5.74) is 5.64. The molecule has 0 aliphatic carbocycles. The van der Waals surface area contributed by atoms with Crippen LogP contribution in [0.4, 0.5) is 5.69 Å². The number of methoxy groups -OCH3 is 1. The number of hydrogen-bond donors (Lipinski definition) is 0. The molecular formula is C27H26N2O3S. The van der Waals surface area contributed by atoms with Gasteiger partial charge in [0.05, 0.1) is 19.3 Å². The van der Waals surface area contributed by atoms with Crippen LogP contribution in [0.2, 0.25) is 0 Å². The summed E-state index contributed by atoms with van der Waals surface area (Å²) in [6.07, 6.45) is 0. The number of carbonyl (C=O) groups is 2. The Kier molecular flexibility index (Phi) is 5.41. The van der Waals surface area contributed by atoms with E-state index in [1.165, 1.54) is 0 Å². The van der Waals surface area contributed by atoms with E-state index < -0.39 is 4.87 Å². The normalized spacial score (nSPS) is 19.3. The SMILES string of the molecule is COc1ccc(C(=O)N2CCS[C@@]23C(=O)N(Cc2cccc(C)c2)c2ccc(C)cc23)cc1. The topological polar surface area (TPSA) is 49.9 Å². The van der Waals surface area contributed by atoms with Gasteiger partial charge in [-0.25, -0.2) is 0 Å². The van der Waals surface area contributed by atoms with Gasteiger partial charge in [-0.2, -0.15) is 0 Å². The molecule has 2 aliphatic heterocycles. The maximum absolute atomic E-state index is 14.1. The van der Waals surface area contributed by atoms with Crippen molar-refractivity contribution < 1.29 is 14.3 Å². The van der Waals surface area contributed by atoms with Crippen molar-refractivity contribution in [2.45, 2.75) is 25.3 Å². The molecule has 3 aromatic carbocycles. The van der Waals surface area contributed by atoms with Crippen molar-refractivity contribution in [1.29, 1.82) is 0 Å². The van der Waals surface area contributed by atoms with Crippen molar-refractivity contribution in [3.8, 4) is 5.75 Å². The number of nitrogens with zero attached hydrogens (tertiary/aromatic N) is 2. The molecule has 2 amide bonds. The van der Waals surface area contributed by atoms with Crippen LogP contribution >= 0.6 is 11.8 Å². The highest BCUT2D eigenvalue weighted by atomic mass is 32.2. The molecule has 0 unspecified atom stereocenters. The summed E-state index contributed by atoms with van der Waals surface area (Å²) in [4.78, 5) is 30.3. The Hall–Kier alpha value is -3.25. The van der Waals surface area contributed by atoms with Gasteiger partial charge in [-0.15, -0.1) is 11.8 Å². The number of anilines is 1. The highest BCUT2D eigenvalue weighted by molar-refractivity contribution is 8.01. The summed E-state index contributed by atoms with van der Waals surface area (Å²) in [7, 11) is 1.60. The molecule has 0 aromatic heterocycles. The average molecular weight is 459 g/mol. The van der Waals surface area contributed by atoms with Gasteiger partial charge < -0.3 is 14.5 Å². The van der Waals surface area contributed by atoms with E-state index in [4.69, 9.17) is 4.74 Å². The van der Waals surface area contributed by atoms with Gasteiger partial charge in [-0.1, -0.05) is 47.5 Å². The molecule has 5 rings (SSSR count). The summed E-state index contributed by atoms with van der Waals surface area (Å²) in [5.74, 6) is 1.22. The predicted octanol–water partition coefficient (Wildman–Crippen LogP) is 4.90. The first-order valence-electron chi connectivity index (χ1n) is 11.0. The van der Waals surface area contributed by atoms with Crippen LogP contribution in [-0.2, 0) is 16.2 Å². The largest absolute Gasteiger partial charge is 0.497 e. The molecule has 6 heteroatoms. The van der Waals surface area contributed by atoms with E-state index in [0.717, 1.165) is 27.9 Å². The van der Waals surface area contributed by atoms with E-state index in [1.54, 1.807) is 48.0 Å². The second-order valence-electron chi connectivity index (χ2n) is 8.58. The molecule has 2 heterocycles. The van der Waals surface area contributed by atoms with Gasteiger partial charge in [0.25, 0.3) is 11.8 Å². The molecule has 5 nitrogen and oxygen atoms in total. The third-order valence-corrected chi connectivity index (χ3v) is 7.77. The van der Waals surface area contributed by atoms with Crippen LogP contribution in [-0.4, -0.2) is 36.1 Å². The zero-order chi connectivity index (χ0) is 23.2. The molecule has 33 heavy (non-hydrogen) atoms. The molecule has 1 spiro atoms. The Morgan fingerprint density at radius 1 is 1.03 bits per heavy atom. The van der Waals surface area contributed by atoms with Crippen LogP contribution in [0.25, 0.3) is 0 Å². The summed E-state index contributed by atoms with van der Waals surface area (Å²) < 4.78 is 5.23. The molecule has 1 atom stereocenters. The van der Waals surface area contributed by atoms with E-state index in [1.807, 2.05) is 36.1 Å². The number of benzene rings is 3. The number of aryl methyl sites for hydroxylation is 2. The second kappa shape index (κ2) is 8.27. The third kappa shape index (κ3) is 3.49. The van der Waals surface area contributed by atoms with Crippen LogP contribution in [0.5, 0.6) is 5.75 Å².